The van der Waals surface area contributed by atoms with Gasteiger partial charge in [0.2, 0.25) is 0 Å². The number of rotatable bonds is 2. The van der Waals surface area contributed by atoms with Gasteiger partial charge < -0.3 is 11.5 Å². The fourth-order valence-electron chi connectivity index (χ4n) is 2.62. The lowest BCUT2D eigenvalue weighted by atomic mass is 9.77. The molecule has 0 bridgehead atoms. The smallest absolute Gasteiger partial charge is 0.0317 e. The molecule has 1 aliphatic carbocycles. The minimum atomic E-state index is 0.319. The molecule has 0 heterocycles. The van der Waals surface area contributed by atoms with E-state index in [1.165, 1.54) is 24.0 Å². The summed E-state index contributed by atoms with van der Waals surface area (Å²) in [7, 11) is 0. The molecule has 1 aromatic rings. The number of hydrogen-bond donors (Lipinski definition) is 2. The zero-order valence-electron chi connectivity index (χ0n) is 9.37. The summed E-state index contributed by atoms with van der Waals surface area (Å²) in [5.74, 6) is 0.516. The van der Waals surface area contributed by atoms with E-state index in [1.54, 1.807) is 0 Å². The third kappa shape index (κ3) is 2.00. The summed E-state index contributed by atoms with van der Waals surface area (Å²) in [6.45, 7) is 2.22. The molecule has 0 saturated heterocycles. The van der Waals surface area contributed by atoms with Crippen molar-refractivity contribution in [2.24, 2.45) is 5.73 Å². The van der Waals surface area contributed by atoms with Gasteiger partial charge in [-0.3, -0.25) is 0 Å². The van der Waals surface area contributed by atoms with Crippen LogP contribution in [-0.2, 0) is 6.42 Å². The largest absolute Gasteiger partial charge is 0.399 e. The second-order valence-corrected chi connectivity index (χ2v) is 4.56. The molecule has 0 amide bonds. The molecule has 0 spiro atoms. The Morgan fingerprint density at radius 1 is 1.40 bits per heavy atom. The first kappa shape index (κ1) is 10.5. The second-order valence-electron chi connectivity index (χ2n) is 4.56. The summed E-state index contributed by atoms with van der Waals surface area (Å²) in [5.41, 5.74) is 15.7. The molecule has 15 heavy (non-hydrogen) atoms. The monoisotopic (exact) mass is 204 g/mol. The Kier molecular flexibility index (Phi) is 2.96. The van der Waals surface area contributed by atoms with E-state index in [-0.39, 0.29) is 0 Å². The minimum absolute atomic E-state index is 0.319. The van der Waals surface area contributed by atoms with Gasteiger partial charge in [0, 0.05) is 11.7 Å². The SMILES string of the molecule is CCCC1c2cc(N)ccc2CCC1N. The first-order valence-corrected chi connectivity index (χ1v) is 5.86. The van der Waals surface area contributed by atoms with Crippen LogP contribution in [0.3, 0.4) is 0 Å². The van der Waals surface area contributed by atoms with Gasteiger partial charge in [0.1, 0.15) is 0 Å². The molecular formula is C13H20N2. The van der Waals surface area contributed by atoms with Gasteiger partial charge >= 0.3 is 0 Å². The predicted octanol–water partition coefficient (Wildman–Crippen LogP) is 2.43. The van der Waals surface area contributed by atoms with Gasteiger partial charge in [0.05, 0.1) is 0 Å². The predicted molar refractivity (Wildman–Crippen MR) is 64.8 cm³/mol. The average molecular weight is 204 g/mol. The summed E-state index contributed by atoms with van der Waals surface area (Å²) < 4.78 is 0. The Morgan fingerprint density at radius 3 is 2.93 bits per heavy atom. The van der Waals surface area contributed by atoms with Crippen molar-refractivity contribution < 1.29 is 0 Å². The lowest BCUT2D eigenvalue weighted by Crippen LogP contribution is -2.33. The van der Waals surface area contributed by atoms with Crippen LogP contribution in [0.15, 0.2) is 18.2 Å². The molecule has 1 aromatic carbocycles. The van der Waals surface area contributed by atoms with Crippen LogP contribution in [0.2, 0.25) is 0 Å². The lowest BCUT2D eigenvalue weighted by molar-refractivity contribution is 0.443. The van der Waals surface area contributed by atoms with E-state index >= 15 is 0 Å². The fraction of sp³-hybridized carbons (Fsp3) is 0.538. The molecule has 82 valence electrons. The van der Waals surface area contributed by atoms with Crippen molar-refractivity contribution in [3.8, 4) is 0 Å². The maximum Gasteiger partial charge on any atom is 0.0317 e. The number of benzene rings is 1. The molecule has 2 atom stereocenters. The summed E-state index contributed by atoms with van der Waals surface area (Å²) in [4.78, 5) is 0. The first-order valence-electron chi connectivity index (χ1n) is 5.86. The molecular weight excluding hydrogens is 184 g/mol. The Labute approximate surface area is 91.7 Å². The number of aryl methyl sites for hydroxylation is 1. The van der Waals surface area contributed by atoms with Crippen molar-refractivity contribution in [3.63, 3.8) is 0 Å². The van der Waals surface area contributed by atoms with Crippen LogP contribution in [0.25, 0.3) is 0 Å². The quantitative estimate of drug-likeness (QED) is 0.727. The molecule has 0 radical (unpaired) electrons. The van der Waals surface area contributed by atoms with Crippen LogP contribution in [0.1, 0.15) is 43.2 Å². The Hall–Kier alpha value is -1.02. The first-order chi connectivity index (χ1) is 7.22. The number of hydrogen-bond acceptors (Lipinski definition) is 2. The van der Waals surface area contributed by atoms with Gasteiger partial charge in [-0.25, -0.2) is 0 Å². The number of nitrogens with two attached hydrogens (primary N) is 2. The van der Waals surface area contributed by atoms with Gasteiger partial charge in [-0.1, -0.05) is 19.4 Å². The van der Waals surface area contributed by atoms with E-state index in [0.717, 1.165) is 18.5 Å². The van der Waals surface area contributed by atoms with E-state index in [4.69, 9.17) is 11.5 Å². The van der Waals surface area contributed by atoms with Crippen LogP contribution in [0, 0.1) is 0 Å². The van der Waals surface area contributed by atoms with E-state index in [1.807, 2.05) is 6.07 Å². The van der Waals surface area contributed by atoms with Gasteiger partial charge in [0.25, 0.3) is 0 Å². The summed E-state index contributed by atoms with van der Waals surface area (Å²) in [6.07, 6.45) is 4.59. The third-order valence-electron chi connectivity index (χ3n) is 3.43. The molecule has 0 saturated carbocycles. The molecule has 2 nitrogen and oxygen atoms in total. The zero-order valence-corrected chi connectivity index (χ0v) is 9.37. The Bertz CT molecular complexity index is 346. The molecule has 0 aliphatic heterocycles. The van der Waals surface area contributed by atoms with Crippen molar-refractivity contribution in [1.29, 1.82) is 0 Å². The van der Waals surface area contributed by atoms with E-state index < -0.39 is 0 Å². The van der Waals surface area contributed by atoms with Crippen LogP contribution in [0.4, 0.5) is 5.69 Å². The van der Waals surface area contributed by atoms with E-state index in [2.05, 4.69) is 19.1 Å². The highest BCUT2D eigenvalue weighted by Crippen LogP contribution is 2.35. The highest BCUT2D eigenvalue weighted by atomic mass is 14.7. The highest BCUT2D eigenvalue weighted by molar-refractivity contribution is 5.47. The number of fused-ring (bicyclic) bond motifs is 1. The molecule has 0 aromatic heterocycles. The normalized spacial score (nSPS) is 24.9. The zero-order chi connectivity index (χ0) is 10.8. The van der Waals surface area contributed by atoms with Crippen molar-refractivity contribution in [2.75, 3.05) is 5.73 Å². The summed E-state index contributed by atoms with van der Waals surface area (Å²) in [5, 5.41) is 0. The molecule has 2 heteroatoms. The standard InChI is InChI=1S/C13H20N2/c1-2-3-11-12-8-10(14)6-4-9(12)5-7-13(11)15/h4,6,8,11,13H,2-3,5,7,14-15H2,1H3. The molecule has 2 rings (SSSR count). The molecule has 2 unspecified atom stereocenters. The van der Waals surface area contributed by atoms with Crippen molar-refractivity contribution >= 4 is 5.69 Å². The maximum atomic E-state index is 6.19. The fourth-order valence-corrected chi connectivity index (χ4v) is 2.62. The second kappa shape index (κ2) is 4.23. The van der Waals surface area contributed by atoms with Crippen molar-refractivity contribution in [1.82, 2.24) is 0 Å². The third-order valence-corrected chi connectivity index (χ3v) is 3.43. The van der Waals surface area contributed by atoms with Crippen LogP contribution in [-0.4, -0.2) is 6.04 Å². The maximum absolute atomic E-state index is 6.19. The van der Waals surface area contributed by atoms with Crippen molar-refractivity contribution in [2.45, 2.75) is 44.6 Å². The van der Waals surface area contributed by atoms with Crippen LogP contribution in [0.5, 0.6) is 0 Å². The van der Waals surface area contributed by atoms with Gasteiger partial charge in [-0.15, -0.1) is 0 Å². The summed E-state index contributed by atoms with van der Waals surface area (Å²) >= 11 is 0. The Morgan fingerprint density at radius 2 is 2.20 bits per heavy atom. The molecule has 4 N–H and O–H groups in total. The van der Waals surface area contributed by atoms with Gasteiger partial charge in [-0.2, -0.15) is 0 Å². The Balaban J connectivity index is 2.36. The van der Waals surface area contributed by atoms with Crippen LogP contribution >= 0.6 is 0 Å². The van der Waals surface area contributed by atoms with E-state index in [9.17, 15) is 0 Å². The molecule has 1 aliphatic rings. The van der Waals surface area contributed by atoms with Gasteiger partial charge in [-0.05, 0) is 48.4 Å². The average Bonchev–Trinajstić information content (AvgIpc) is 2.23. The number of anilines is 1. The summed E-state index contributed by atoms with van der Waals surface area (Å²) in [6, 6.07) is 6.60. The minimum Gasteiger partial charge on any atom is -0.399 e. The highest BCUT2D eigenvalue weighted by Gasteiger charge is 2.26. The lowest BCUT2D eigenvalue weighted by Gasteiger charge is -2.31. The van der Waals surface area contributed by atoms with Crippen molar-refractivity contribution in [3.05, 3.63) is 29.3 Å². The molecule has 0 fully saturated rings. The van der Waals surface area contributed by atoms with Gasteiger partial charge in [0.15, 0.2) is 0 Å². The van der Waals surface area contributed by atoms with E-state index in [0.29, 0.717) is 12.0 Å². The topological polar surface area (TPSA) is 52.0 Å². The number of nitrogen functional groups attached to an aromatic ring is 1. The van der Waals surface area contributed by atoms with Crippen LogP contribution < -0.4 is 11.5 Å².